The van der Waals surface area contributed by atoms with Crippen LogP contribution in [0.5, 0.6) is 0 Å². The number of nitrogens with two attached hydrogens (primary N) is 1. The quantitative estimate of drug-likeness (QED) is 0.574. The molecule has 2 unspecified atom stereocenters. The van der Waals surface area contributed by atoms with E-state index in [-0.39, 0.29) is 23.2 Å². The van der Waals surface area contributed by atoms with E-state index < -0.39 is 17.8 Å². The Balaban J connectivity index is 1.52. The van der Waals surface area contributed by atoms with Gasteiger partial charge in [0.1, 0.15) is 11.4 Å². The fourth-order valence-electron chi connectivity index (χ4n) is 3.87. The smallest absolute Gasteiger partial charge is 0.254 e. The van der Waals surface area contributed by atoms with Gasteiger partial charge in [0.2, 0.25) is 5.95 Å². The Kier molecular flexibility index (Phi) is 6.09. The highest BCUT2D eigenvalue weighted by Gasteiger charge is 2.32. The zero-order valence-corrected chi connectivity index (χ0v) is 17.1. The number of carbonyl (C=O) groups excluding carboxylic acids is 1. The molecule has 0 radical (unpaired) electrons. The molecule has 3 aromatic rings. The van der Waals surface area contributed by atoms with E-state index in [1.54, 1.807) is 16.8 Å². The molecule has 2 atom stereocenters. The molecule has 0 aliphatic carbocycles. The van der Waals surface area contributed by atoms with Crippen LogP contribution in [0.15, 0.2) is 48.7 Å². The maximum absolute atomic E-state index is 13.4. The van der Waals surface area contributed by atoms with Gasteiger partial charge in [-0.2, -0.15) is 14.8 Å². The number of likely N-dealkylation sites (tertiary alicyclic amines) is 1. The zero-order valence-electron chi connectivity index (χ0n) is 17.1. The largest absolute Gasteiger partial charge is 0.365 e. The van der Waals surface area contributed by atoms with E-state index in [9.17, 15) is 18.8 Å². The first-order valence-corrected chi connectivity index (χ1v) is 10.1. The number of aromatic nitrogens is 3. The molecule has 2 aromatic heterocycles. The summed E-state index contributed by atoms with van der Waals surface area (Å²) in [6, 6.07) is 12.3. The Labute approximate surface area is 183 Å². The van der Waals surface area contributed by atoms with E-state index >= 15 is 0 Å². The molecule has 0 spiro atoms. The molecule has 1 aromatic carbocycles. The van der Waals surface area contributed by atoms with Crippen LogP contribution in [0.25, 0.3) is 0 Å². The lowest BCUT2D eigenvalue weighted by Gasteiger charge is -2.35. The van der Waals surface area contributed by atoms with Crippen LogP contribution in [0, 0.1) is 29.0 Å². The Bertz CT molecular complexity index is 1160. The first-order chi connectivity index (χ1) is 15.4. The van der Waals surface area contributed by atoms with E-state index in [0.29, 0.717) is 37.4 Å². The van der Waals surface area contributed by atoms with Crippen molar-refractivity contribution >= 4 is 17.4 Å². The maximum atomic E-state index is 13.4. The van der Waals surface area contributed by atoms with Crippen LogP contribution >= 0.6 is 0 Å². The number of primary amides is 1. The van der Waals surface area contributed by atoms with Gasteiger partial charge in [-0.1, -0.05) is 6.07 Å². The topological polar surface area (TPSA) is 113 Å². The lowest BCUT2D eigenvalue weighted by Crippen LogP contribution is -2.40. The minimum Gasteiger partial charge on any atom is -0.365 e. The number of amides is 1. The predicted octanol–water partition coefficient (Wildman–Crippen LogP) is 2.99. The third-order valence-electron chi connectivity index (χ3n) is 5.43. The van der Waals surface area contributed by atoms with Crippen molar-refractivity contribution in [1.29, 1.82) is 5.26 Å². The Morgan fingerprint density at radius 1 is 1.25 bits per heavy atom. The molecule has 164 valence electrons. The molecular weight excluding hydrogens is 416 g/mol. The summed E-state index contributed by atoms with van der Waals surface area (Å²) in [5.74, 6) is -1.74. The number of carbonyl (C=O) groups is 1. The average molecular weight is 437 g/mol. The second-order valence-corrected chi connectivity index (χ2v) is 7.65. The highest BCUT2D eigenvalue weighted by Crippen LogP contribution is 2.30. The molecule has 0 bridgehead atoms. The summed E-state index contributed by atoms with van der Waals surface area (Å²) < 4.78 is 28.1. The molecule has 8 nitrogen and oxygen atoms in total. The monoisotopic (exact) mass is 437 g/mol. The molecule has 1 amide bonds. The SMILES string of the molecule is N#CC1CN(Cc2cccc(F)n2)CCC1n1cc(C(N)=O)c(Nc2ccc(F)cc2)n1. The Hall–Kier alpha value is -3.84. The summed E-state index contributed by atoms with van der Waals surface area (Å²) in [6.07, 6.45) is 2.14. The number of nitrogens with one attached hydrogen (secondary N) is 1. The third kappa shape index (κ3) is 4.73. The summed E-state index contributed by atoms with van der Waals surface area (Å²) in [6.45, 7) is 1.53. The fraction of sp³-hybridized carbons (Fsp3) is 0.273. The summed E-state index contributed by atoms with van der Waals surface area (Å²) in [7, 11) is 0. The van der Waals surface area contributed by atoms with E-state index in [0.717, 1.165) is 0 Å². The number of pyridine rings is 1. The van der Waals surface area contributed by atoms with Crippen LogP contribution in [0.3, 0.4) is 0 Å². The minimum atomic E-state index is -0.663. The van der Waals surface area contributed by atoms with Gasteiger partial charge in [-0.3, -0.25) is 14.4 Å². The van der Waals surface area contributed by atoms with Gasteiger partial charge in [0.15, 0.2) is 5.82 Å². The highest BCUT2D eigenvalue weighted by molar-refractivity contribution is 5.98. The second-order valence-electron chi connectivity index (χ2n) is 7.65. The highest BCUT2D eigenvalue weighted by atomic mass is 19.1. The number of hydrogen-bond acceptors (Lipinski definition) is 6. The van der Waals surface area contributed by atoms with Crippen molar-refractivity contribution in [3.8, 4) is 6.07 Å². The molecule has 1 saturated heterocycles. The number of halogens is 2. The molecule has 3 N–H and O–H groups in total. The maximum Gasteiger partial charge on any atom is 0.254 e. The van der Waals surface area contributed by atoms with Crippen molar-refractivity contribution in [2.75, 3.05) is 18.4 Å². The third-order valence-corrected chi connectivity index (χ3v) is 5.43. The van der Waals surface area contributed by atoms with Crippen LogP contribution in [-0.4, -0.2) is 38.7 Å². The molecule has 3 heterocycles. The lowest BCUT2D eigenvalue weighted by atomic mass is 9.93. The molecule has 0 saturated carbocycles. The van der Waals surface area contributed by atoms with E-state index in [1.165, 1.54) is 36.5 Å². The van der Waals surface area contributed by atoms with Crippen molar-refractivity contribution in [2.45, 2.75) is 19.0 Å². The second kappa shape index (κ2) is 9.11. The number of anilines is 2. The first-order valence-electron chi connectivity index (χ1n) is 10.1. The van der Waals surface area contributed by atoms with Gasteiger partial charge in [-0.15, -0.1) is 0 Å². The molecular formula is C22H21F2N7O. The number of rotatable bonds is 6. The van der Waals surface area contributed by atoms with E-state index in [1.807, 2.05) is 4.90 Å². The minimum absolute atomic E-state index is 0.178. The van der Waals surface area contributed by atoms with E-state index in [4.69, 9.17) is 5.73 Å². The van der Waals surface area contributed by atoms with Gasteiger partial charge < -0.3 is 11.1 Å². The van der Waals surface area contributed by atoms with Gasteiger partial charge in [0.05, 0.1) is 23.7 Å². The normalized spacial score (nSPS) is 18.8. The Morgan fingerprint density at radius 2 is 2.03 bits per heavy atom. The zero-order chi connectivity index (χ0) is 22.7. The van der Waals surface area contributed by atoms with Crippen LogP contribution in [0.2, 0.25) is 0 Å². The summed E-state index contributed by atoms with van der Waals surface area (Å²) >= 11 is 0. The number of benzene rings is 1. The molecule has 10 heteroatoms. The standard InChI is InChI=1S/C22H21F2N7O/c23-15-4-6-16(7-5-15)28-22-18(21(26)32)13-31(29-22)19-8-9-30(11-14(19)10-25)12-17-2-1-3-20(24)27-17/h1-7,13-14,19H,8-9,11-12H2,(H2,26,32)(H,28,29). The first kappa shape index (κ1) is 21.4. The molecule has 32 heavy (non-hydrogen) atoms. The van der Waals surface area contributed by atoms with Crippen LogP contribution < -0.4 is 11.1 Å². The van der Waals surface area contributed by atoms with Crippen molar-refractivity contribution in [2.24, 2.45) is 11.7 Å². The number of hydrogen-bond donors (Lipinski definition) is 2. The predicted molar refractivity (Wildman–Crippen MR) is 113 cm³/mol. The van der Waals surface area contributed by atoms with Gasteiger partial charge in [-0.05, 0) is 42.8 Å². The van der Waals surface area contributed by atoms with Gasteiger partial charge >= 0.3 is 0 Å². The molecule has 1 fully saturated rings. The van der Waals surface area contributed by atoms with Crippen molar-refractivity contribution in [3.63, 3.8) is 0 Å². The van der Waals surface area contributed by atoms with Crippen LogP contribution in [0.4, 0.5) is 20.3 Å². The molecule has 1 aliphatic rings. The fourth-order valence-corrected chi connectivity index (χ4v) is 3.87. The number of piperidine rings is 1. The van der Waals surface area contributed by atoms with Crippen LogP contribution in [0.1, 0.15) is 28.5 Å². The molecule has 1 aliphatic heterocycles. The van der Waals surface area contributed by atoms with E-state index in [2.05, 4.69) is 21.5 Å². The number of nitriles is 1. The average Bonchev–Trinajstić information content (AvgIpc) is 3.19. The van der Waals surface area contributed by atoms with Gasteiger partial charge in [0, 0.05) is 31.5 Å². The summed E-state index contributed by atoms with van der Waals surface area (Å²) in [5.41, 5.74) is 6.85. The van der Waals surface area contributed by atoms with Crippen LogP contribution in [-0.2, 0) is 6.54 Å². The number of nitrogens with zero attached hydrogens (tertiary/aromatic N) is 5. The Morgan fingerprint density at radius 3 is 2.72 bits per heavy atom. The van der Waals surface area contributed by atoms with Crippen molar-refractivity contribution < 1.29 is 13.6 Å². The lowest BCUT2D eigenvalue weighted by molar-refractivity contribution is 0.100. The summed E-state index contributed by atoms with van der Waals surface area (Å²) in [5, 5.41) is 17.2. The van der Waals surface area contributed by atoms with Gasteiger partial charge in [-0.25, -0.2) is 9.37 Å². The van der Waals surface area contributed by atoms with Gasteiger partial charge in [0.25, 0.3) is 5.91 Å². The van der Waals surface area contributed by atoms with Crippen molar-refractivity contribution in [3.05, 3.63) is 71.7 Å². The summed E-state index contributed by atoms with van der Waals surface area (Å²) in [4.78, 5) is 17.9. The van der Waals surface area contributed by atoms with Crippen molar-refractivity contribution in [1.82, 2.24) is 19.7 Å². The molecule has 4 rings (SSSR count).